The second-order valence-corrected chi connectivity index (χ2v) is 3.36. The van der Waals surface area contributed by atoms with Crippen molar-refractivity contribution in [3.05, 3.63) is 42.0 Å². The van der Waals surface area contributed by atoms with E-state index in [1.54, 1.807) is 25.1 Å². The lowest BCUT2D eigenvalue weighted by Crippen LogP contribution is -2.28. The van der Waals surface area contributed by atoms with E-state index in [4.69, 9.17) is 0 Å². The van der Waals surface area contributed by atoms with E-state index in [0.29, 0.717) is 11.3 Å². The van der Waals surface area contributed by atoms with E-state index < -0.39 is 0 Å². The third-order valence-corrected chi connectivity index (χ3v) is 2.43. The maximum atomic E-state index is 11.8. The number of benzene rings is 1. The molecule has 3 heteroatoms. The highest BCUT2D eigenvalue weighted by Crippen LogP contribution is 2.25. The number of para-hydroxylation sites is 1. The summed E-state index contributed by atoms with van der Waals surface area (Å²) in [7, 11) is 0. The van der Waals surface area contributed by atoms with Gasteiger partial charge in [-0.3, -0.25) is 9.59 Å². The van der Waals surface area contributed by atoms with E-state index in [1.807, 2.05) is 18.2 Å². The first-order chi connectivity index (χ1) is 7.24. The summed E-state index contributed by atoms with van der Waals surface area (Å²) in [6.07, 6.45) is 1.91. The van der Waals surface area contributed by atoms with E-state index in [0.717, 1.165) is 0 Å². The number of imide groups is 1. The van der Waals surface area contributed by atoms with Crippen LogP contribution in [0.4, 0.5) is 5.69 Å². The number of hydrogen-bond donors (Lipinski definition) is 0. The van der Waals surface area contributed by atoms with Crippen molar-refractivity contribution >= 4 is 17.5 Å². The maximum absolute atomic E-state index is 11.8. The summed E-state index contributed by atoms with van der Waals surface area (Å²) >= 11 is 0. The van der Waals surface area contributed by atoms with Gasteiger partial charge in [-0.2, -0.15) is 0 Å². The molecule has 15 heavy (non-hydrogen) atoms. The zero-order chi connectivity index (χ0) is 10.8. The van der Waals surface area contributed by atoms with Gasteiger partial charge in [0, 0.05) is 5.57 Å². The smallest absolute Gasteiger partial charge is 0.261 e. The minimum absolute atomic E-state index is 0.153. The van der Waals surface area contributed by atoms with Crippen molar-refractivity contribution in [3.8, 4) is 0 Å². The molecule has 1 fully saturated rings. The molecule has 0 saturated carbocycles. The first-order valence-electron chi connectivity index (χ1n) is 4.81. The molecule has 1 aliphatic heterocycles. The quantitative estimate of drug-likeness (QED) is 0.514. The van der Waals surface area contributed by atoms with E-state index in [-0.39, 0.29) is 18.2 Å². The summed E-state index contributed by atoms with van der Waals surface area (Å²) in [5.74, 6) is -0.354. The molecule has 0 bridgehead atoms. The van der Waals surface area contributed by atoms with Crippen molar-refractivity contribution in [1.82, 2.24) is 0 Å². The molecule has 1 heterocycles. The third kappa shape index (κ3) is 1.56. The van der Waals surface area contributed by atoms with Crippen molar-refractivity contribution in [2.75, 3.05) is 4.90 Å². The Morgan fingerprint density at radius 2 is 1.87 bits per heavy atom. The van der Waals surface area contributed by atoms with Gasteiger partial charge < -0.3 is 0 Å². The zero-order valence-corrected chi connectivity index (χ0v) is 8.43. The summed E-state index contributed by atoms with van der Waals surface area (Å²) in [6.45, 7) is 1.77. The molecular weight excluding hydrogens is 190 g/mol. The van der Waals surface area contributed by atoms with Crippen LogP contribution >= 0.6 is 0 Å². The second kappa shape index (κ2) is 3.69. The van der Waals surface area contributed by atoms with Gasteiger partial charge in [0.2, 0.25) is 5.91 Å². The van der Waals surface area contributed by atoms with Gasteiger partial charge in [-0.05, 0) is 19.1 Å². The number of amides is 2. The molecule has 1 aromatic rings. The average Bonchev–Trinajstić information content (AvgIpc) is 2.55. The second-order valence-electron chi connectivity index (χ2n) is 3.36. The molecule has 3 nitrogen and oxygen atoms in total. The van der Waals surface area contributed by atoms with Crippen molar-refractivity contribution < 1.29 is 9.59 Å². The molecule has 1 saturated heterocycles. The molecule has 0 aromatic heterocycles. The number of anilines is 1. The Labute approximate surface area is 88.0 Å². The Hall–Kier alpha value is -1.90. The van der Waals surface area contributed by atoms with Crippen LogP contribution in [0.3, 0.4) is 0 Å². The minimum atomic E-state index is -0.200. The Morgan fingerprint density at radius 1 is 1.20 bits per heavy atom. The predicted molar refractivity (Wildman–Crippen MR) is 57.3 cm³/mol. The van der Waals surface area contributed by atoms with Crippen LogP contribution < -0.4 is 4.90 Å². The van der Waals surface area contributed by atoms with Crippen LogP contribution in [0.15, 0.2) is 42.0 Å². The largest absolute Gasteiger partial charge is 0.274 e. The third-order valence-electron chi connectivity index (χ3n) is 2.43. The first-order valence-corrected chi connectivity index (χ1v) is 4.81. The highest BCUT2D eigenvalue weighted by atomic mass is 16.2. The number of rotatable bonds is 1. The SMILES string of the molecule is C/C=C1/CC(=O)N(c2ccccc2)C1=O. The van der Waals surface area contributed by atoms with Crippen LogP contribution in [0.1, 0.15) is 13.3 Å². The molecule has 0 radical (unpaired) electrons. The zero-order valence-electron chi connectivity index (χ0n) is 8.43. The molecule has 2 amide bonds. The Balaban J connectivity index is 2.40. The normalized spacial score (nSPS) is 19.0. The lowest BCUT2D eigenvalue weighted by Gasteiger charge is -2.12. The van der Waals surface area contributed by atoms with Crippen molar-refractivity contribution in [2.45, 2.75) is 13.3 Å². The molecule has 76 valence electrons. The number of carbonyl (C=O) groups excluding carboxylic acids is 2. The Bertz CT molecular complexity index is 434. The highest BCUT2D eigenvalue weighted by Gasteiger charge is 2.34. The van der Waals surface area contributed by atoms with Crippen LogP contribution in [0, 0.1) is 0 Å². The van der Waals surface area contributed by atoms with E-state index in [2.05, 4.69) is 0 Å². The van der Waals surface area contributed by atoms with Crippen LogP contribution in [-0.4, -0.2) is 11.8 Å². The first kappa shape index (κ1) is 9.65. The fourth-order valence-electron chi connectivity index (χ4n) is 1.64. The van der Waals surface area contributed by atoms with Crippen LogP contribution in [0.2, 0.25) is 0 Å². The molecule has 0 aliphatic carbocycles. The molecular formula is C12H11NO2. The lowest BCUT2D eigenvalue weighted by molar-refractivity contribution is -0.120. The molecule has 1 aliphatic rings. The fraction of sp³-hybridized carbons (Fsp3) is 0.167. The van der Waals surface area contributed by atoms with Crippen molar-refractivity contribution in [2.24, 2.45) is 0 Å². The van der Waals surface area contributed by atoms with Gasteiger partial charge >= 0.3 is 0 Å². The number of carbonyl (C=O) groups is 2. The molecule has 2 rings (SSSR count). The summed E-state index contributed by atoms with van der Waals surface area (Å²) in [5, 5.41) is 0. The average molecular weight is 201 g/mol. The summed E-state index contributed by atoms with van der Waals surface area (Å²) in [6, 6.07) is 8.99. The van der Waals surface area contributed by atoms with Gasteiger partial charge in [0.25, 0.3) is 5.91 Å². The summed E-state index contributed by atoms with van der Waals surface area (Å²) in [5.41, 5.74) is 1.22. The minimum Gasteiger partial charge on any atom is -0.274 e. The molecule has 0 spiro atoms. The van der Waals surface area contributed by atoms with Gasteiger partial charge in [0.15, 0.2) is 0 Å². The summed E-state index contributed by atoms with van der Waals surface area (Å²) in [4.78, 5) is 24.6. The standard InChI is InChI=1S/C12H11NO2/c1-2-9-8-11(14)13(12(9)15)10-6-4-3-5-7-10/h2-7H,8H2,1H3/b9-2-. The van der Waals surface area contributed by atoms with Crippen LogP contribution in [-0.2, 0) is 9.59 Å². The predicted octanol–water partition coefficient (Wildman–Crippen LogP) is 1.90. The fourth-order valence-corrected chi connectivity index (χ4v) is 1.64. The highest BCUT2D eigenvalue weighted by molar-refractivity contribution is 6.28. The van der Waals surface area contributed by atoms with E-state index in [9.17, 15) is 9.59 Å². The van der Waals surface area contributed by atoms with Crippen molar-refractivity contribution in [1.29, 1.82) is 0 Å². The van der Waals surface area contributed by atoms with E-state index >= 15 is 0 Å². The van der Waals surface area contributed by atoms with Crippen molar-refractivity contribution in [3.63, 3.8) is 0 Å². The Kier molecular flexibility index (Phi) is 2.37. The van der Waals surface area contributed by atoms with Crippen LogP contribution in [0.5, 0.6) is 0 Å². The van der Waals surface area contributed by atoms with Gasteiger partial charge in [-0.1, -0.05) is 24.3 Å². The lowest BCUT2D eigenvalue weighted by atomic mass is 10.2. The van der Waals surface area contributed by atoms with Gasteiger partial charge in [-0.25, -0.2) is 4.90 Å². The van der Waals surface area contributed by atoms with Crippen LogP contribution in [0.25, 0.3) is 0 Å². The van der Waals surface area contributed by atoms with E-state index in [1.165, 1.54) is 4.90 Å². The topological polar surface area (TPSA) is 37.4 Å². The molecule has 1 aromatic carbocycles. The number of hydrogen-bond acceptors (Lipinski definition) is 2. The summed E-state index contributed by atoms with van der Waals surface area (Å²) < 4.78 is 0. The number of nitrogens with zero attached hydrogens (tertiary/aromatic N) is 1. The van der Waals surface area contributed by atoms with Gasteiger partial charge in [0.05, 0.1) is 12.1 Å². The monoisotopic (exact) mass is 201 g/mol. The molecule has 0 unspecified atom stereocenters. The maximum Gasteiger partial charge on any atom is 0.261 e. The number of allylic oxidation sites excluding steroid dienone is 1. The molecule has 0 atom stereocenters. The van der Waals surface area contributed by atoms with Gasteiger partial charge in [-0.15, -0.1) is 0 Å². The molecule has 0 N–H and O–H groups in total. The Morgan fingerprint density at radius 3 is 2.40 bits per heavy atom. The van der Waals surface area contributed by atoms with Gasteiger partial charge in [0.1, 0.15) is 0 Å².